The molecule has 2 heterocycles. The fourth-order valence-corrected chi connectivity index (χ4v) is 2.82. The third-order valence-electron chi connectivity index (χ3n) is 3.70. The average Bonchev–Trinajstić information content (AvgIpc) is 2.64. The Bertz CT molecular complexity index is 1090. The van der Waals surface area contributed by atoms with Crippen molar-refractivity contribution in [3.05, 3.63) is 77.3 Å². The van der Waals surface area contributed by atoms with Crippen LogP contribution in [0.4, 0.5) is 27.5 Å². The van der Waals surface area contributed by atoms with Gasteiger partial charge >= 0.3 is 0 Å². The van der Waals surface area contributed by atoms with E-state index >= 15 is 0 Å². The van der Waals surface area contributed by atoms with E-state index in [9.17, 15) is 4.39 Å². The molecular formula is C19H13BrFN5. The summed E-state index contributed by atoms with van der Waals surface area (Å²) in [6, 6.07) is 16.3. The van der Waals surface area contributed by atoms with Crippen LogP contribution in [0.2, 0.25) is 0 Å². The first-order valence-corrected chi connectivity index (χ1v) is 8.64. The molecule has 0 amide bonds. The van der Waals surface area contributed by atoms with E-state index in [0.29, 0.717) is 21.9 Å². The van der Waals surface area contributed by atoms with Gasteiger partial charge in [-0.15, -0.1) is 0 Å². The topological polar surface area (TPSA) is 62.7 Å². The van der Waals surface area contributed by atoms with Gasteiger partial charge in [-0.25, -0.2) is 9.37 Å². The molecular weight excluding hydrogens is 397 g/mol. The van der Waals surface area contributed by atoms with E-state index < -0.39 is 0 Å². The first-order valence-electron chi connectivity index (χ1n) is 7.84. The predicted octanol–water partition coefficient (Wildman–Crippen LogP) is 5.41. The first-order chi connectivity index (χ1) is 12.7. The Morgan fingerprint density at radius 3 is 2.69 bits per heavy atom. The minimum Gasteiger partial charge on any atom is -0.339 e. The molecule has 7 heteroatoms. The molecule has 2 aromatic carbocycles. The van der Waals surface area contributed by atoms with Crippen LogP contribution in [0.25, 0.3) is 10.9 Å². The average molecular weight is 410 g/mol. The second kappa shape index (κ2) is 7.05. The second-order valence-corrected chi connectivity index (χ2v) is 6.47. The first kappa shape index (κ1) is 16.4. The number of para-hydroxylation sites is 1. The maximum atomic E-state index is 14.0. The molecule has 2 N–H and O–H groups in total. The molecule has 0 spiro atoms. The summed E-state index contributed by atoms with van der Waals surface area (Å²) >= 11 is 3.23. The zero-order valence-corrected chi connectivity index (χ0v) is 15.0. The van der Waals surface area contributed by atoms with Gasteiger partial charge in [0.25, 0.3) is 0 Å². The van der Waals surface area contributed by atoms with Crippen LogP contribution in [0.1, 0.15) is 0 Å². The van der Waals surface area contributed by atoms with Gasteiger partial charge in [0, 0.05) is 16.1 Å². The maximum absolute atomic E-state index is 14.0. The molecule has 0 bridgehead atoms. The van der Waals surface area contributed by atoms with Crippen LogP contribution in [0.3, 0.4) is 0 Å². The number of pyridine rings is 1. The van der Waals surface area contributed by atoms with E-state index in [1.807, 2.05) is 30.3 Å². The lowest BCUT2D eigenvalue weighted by atomic mass is 10.2. The summed E-state index contributed by atoms with van der Waals surface area (Å²) < 4.78 is 14.6. The van der Waals surface area contributed by atoms with Crippen LogP contribution >= 0.6 is 15.9 Å². The third kappa shape index (κ3) is 3.62. The Morgan fingerprint density at radius 1 is 0.923 bits per heavy atom. The van der Waals surface area contributed by atoms with Gasteiger partial charge in [0.15, 0.2) is 0 Å². The zero-order valence-electron chi connectivity index (χ0n) is 13.4. The molecule has 128 valence electrons. The van der Waals surface area contributed by atoms with Gasteiger partial charge in [-0.2, -0.15) is 4.98 Å². The summed E-state index contributed by atoms with van der Waals surface area (Å²) in [7, 11) is 0. The van der Waals surface area contributed by atoms with Crippen LogP contribution in [0.5, 0.6) is 0 Å². The minimum atomic E-state index is -0.389. The number of fused-ring (bicyclic) bond motifs is 1. The molecule has 0 aliphatic carbocycles. The van der Waals surface area contributed by atoms with Gasteiger partial charge in [0.1, 0.15) is 11.6 Å². The highest BCUT2D eigenvalue weighted by molar-refractivity contribution is 9.10. The SMILES string of the molecule is Fc1cc(Br)ccc1Nc1nccc(Nc2cnc3ccccc3c2)n1. The van der Waals surface area contributed by atoms with E-state index in [0.717, 1.165) is 16.6 Å². The highest BCUT2D eigenvalue weighted by Gasteiger charge is 2.06. The number of rotatable bonds is 4. The molecule has 26 heavy (non-hydrogen) atoms. The molecule has 0 saturated carbocycles. The van der Waals surface area contributed by atoms with E-state index in [4.69, 9.17) is 0 Å². The number of nitrogens with zero attached hydrogens (tertiary/aromatic N) is 3. The van der Waals surface area contributed by atoms with E-state index in [1.165, 1.54) is 6.07 Å². The monoisotopic (exact) mass is 409 g/mol. The lowest BCUT2D eigenvalue weighted by Crippen LogP contribution is -2.01. The third-order valence-corrected chi connectivity index (χ3v) is 4.19. The van der Waals surface area contributed by atoms with Gasteiger partial charge in [0.2, 0.25) is 5.95 Å². The minimum absolute atomic E-state index is 0.296. The summed E-state index contributed by atoms with van der Waals surface area (Å²) in [4.78, 5) is 12.9. The Hall–Kier alpha value is -3.06. The van der Waals surface area contributed by atoms with Crippen molar-refractivity contribution >= 4 is 50.0 Å². The number of hydrogen-bond donors (Lipinski definition) is 2. The highest BCUT2D eigenvalue weighted by atomic mass is 79.9. The molecule has 0 aliphatic heterocycles. The smallest absolute Gasteiger partial charge is 0.229 e. The van der Waals surface area contributed by atoms with Crippen LogP contribution < -0.4 is 10.6 Å². The Balaban J connectivity index is 1.56. The summed E-state index contributed by atoms with van der Waals surface area (Å²) in [5, 5.41) is 7.10. The van der Waals surface area contributed by atoms with Gasteiger partial charge in [-0.3, -0.25) is 4.98 Å². The number of hydrogen-bond acceptors (Lipinski definition) is 5. The molecule has 0 fully saturated rings. The predicted molar refractivity (Wildman–Crippen MR) is 104 cm³/mol. The van der Waals surface area contributed by atoms with Crippen LogP contribution in [-0.2, 0) is 0 Å². The van der Waals surface area contributed by atoms with Crippen molar-refractivity contribution in [3.63, 3.8) is 0 Å². The van der Waals surface area contributed by atoms with E-state index in [1.54, 1.807) is 30.6 Å². The van der Waals surface area contributed by atoms with E-state index in [2.05, 4.69) is 41.5 Å². The number of halogens is 2. The largest absolute Gasteiger partial charge is 0.339 e. The maximum Gasteiger partial charge on any atom is 0.229 e. The van der Waals surface area contributed by atoms with Crippen molar-refractivity contribution in [2.75, 3.05) is 10.6 Å². The molecule has 0 atom stereocenters. The normalized spacial score (nSPS) is 10.7. The molecule has 4 rings (SSSR count). The molecule has 4 aromatic rings. The highest BCUT2D eigenvalue weighted by Crippen LogP contribution is 2.23. The quantitative estimate of drug-likeness (QED) is 0.471. The summed E-state index contributed by atoms with van der Waals surface area (Å²) in [6.07, 6.45) is 3.34. The standard InChI is InChI=1S/C19H13BrFN5/c20-13-5-6-17(15(21)10-13)25-19-22-8-7-18(26-19)24-14-9-12-3-1-2-4-16(12)23-11-14/h1-11H,(H2,22,24,25,26). The van der Waals surface area contributed by atoms with Gasteiger partial charge in [-0.05, 0) is 36.4 Å². The Labute approximate surface area is 157 Å². The summed E-state index contributed by atoms with van der Waals surface area (Å²) in [5.74, 6) is 0.488. The molecule has 0 unspecified atom stereocenters. The van der Waals surface area contributed by atoms with Gasteiger partial charge in [0.05, 0.1) is 23.1 Å². The number of benzene rings is 2. The summed E-state index contributed by atoms with van der Waals surface area (Å²) in [5.41, 5.74) is 2.04. The lowest BCUT2D eigenvalue weighted by Gasteiger charge is -2.09. The van der Waals surface area contributed by atoms with Gasteiger partial charge < -0.3 is 10.6 Å². The fourth-order valence-electron chi connectivity index (χ4n) is 2.49. The zero-order chi connectivity index (χ0) is 17.9. The van der Waals surface area contributed by atoms with Crippen molar-refractivity contribution in [1.82, 2.24) is 15.0 Å². The second-order valence-electron chi connectivity index (χ2n) is 5.56. The van der Waals surface area contributed by atoms with Crippen LogP contribution in [0.15, 0.2) is 71.5 Å². The fraction of sp³-hybridized carbons (Fsp3) is 0. The van der Waals surface area contributed by atoms with Crippen molar-refractivity contribution in [2.45, 2.75) is 0 Å². The molecule has 5 nitrogen and oxygen atoms in total. The summed E-state index contributed by atoms with van der Waals surface area (Å²) in [6.45, 7) is 0. The Kier molecular flexibility index (Phi) is 4.45. The van der Waals surface area contributed by atoms with Crippen LogP contribution in [-0.4, -0.2) is 15.0 Å². The Morgan fingerprint density at radius 2 is 1.81 bits per heavy atom. The number of anilines is 4. The molecule has 0 radical (unpaired) electrons. The van der Waals surface area contributed by atoms with E-state index in [-0.39, 0.29) is 5.82 Å². The lowest BCUT2D eigenvalue weighted by molar-refractivity contribution is 0.631. The molecule has 0 aliphatic rings. The van der Waals surface area contributed by atoms with Crippen LogP contribution in [0, 0.1) is 5.82 Å². The number of nitrogens with one attached hydrogen (secondary N) is 2. The number of aromatic nitrogens is 3. The van der Waals surface area contributed by atoms with Crippen molar-refractivity contribution in [2.24, 2.45) is 0 Å². The van der Waals surface area contributed by atoms with Crippen molar-refractivity contribution in [3.8, 4) is 0 Å². The van der Waals surface area contributed by atoms with Gasteiger partial charge in [-0.1, -0.05) is 34.1 Å². The molecule has 2 aromatic heterocycles. The van der Waals surface area contributed by atoms with Crippen molar-refractivity contribution < 1.29 is 4.39 Å². The molecule has 0 saturated heterocycles. The van der Waals surface area contributed by atoms with Crippen molar-refractivity contribution in [1.29, 1.82) is 0 Å².